The van der Waals surface area contributed by atoms with Gasteiger partial charge in [0.1, 0.15) is 6.04 Å². The van der Waals surface area contributed by atoms with E-state index < -0.39 is 0 Å². The molecule has 0 unspecified atom stereocenters. The Labute approximate surface area is 118 Å². The van der Waals surface area contributed by atoms with E-state index in [4.69, 9.17) is 0 Å². The lowest BCUT2D eigenvalue weighted by molar-refractivity contribution is -0.119. The van der Waals surface area contributed by atoms with Gasteiger partial charge in [-0.05, 0) is 29.7 Å². The molecule has 1 atom stereocenters. The van der Waals surface area contributed by atoms with Crippen molar-refractivity contribution in [2.45, 2.75) is 18.9 Å². The van der Waals surface area contributed by atoms with Crippen LogP contribution in [-0.4, -0.2) is 18.5 Å². The van der Waals surface area contributed by atoms with Gasteiger partial charge in [0.2, 0.25) is 5.91 Å². The van der Waals surface area contributed by atoms with E-state index in [1.807, 2.05) is 41.3 Å². The summed E-state index contributed by atoms with van der Waals surface area (Å²) in [6, 6.07) is 16.2. The minimum atomic E-state index is -0.126. The fourth-order valence-corrected chi connectivity index (χ4v) is 3.20. The first-order valence-corrected chi connectivity index (χ1v) is 7.06. The molecule has 0 aromatic heterocycles. The van der Waals surface area contributed by atoms with Gasteiger partial charge < -0.3 is 10.2 Å². The monoisotopic (exact) mass is 264 g/mol. The quantitative estimate of drug-likeness (QED) is 0.858. The summed E-state index contributed by atoms with van der Waals surface area (Å²) in [7, 11) is 0. The zero-order valence-electron chi connectivity index (χ0n) is 11.2. The van der Waals surface area contributed by atoms with Gasteiger partial charge in [-0.1, -0.05) is 36.4 Å². The lowest BCUT2D eigenvalue weighted by atomic mass is 10.1. The summed E-state index contributed by atoms with van der Waals surface area (Å²) in [5.74, 6) is 0.186. The SMILES string of the molecule is O=C([C@@H]1Cc2ccccc2N1)N1CCc2ccccc21. The number of hydrogen-bond acceptors (Lipinski definition) is 2. The van der Waals surface area contributed by atoms with Crippen LogP contribution >= 0.6 is 0 Å². The average Bonchev–Trinajstić information content (AvgIpc) is 3.10. The maximum Gasteiger partial charge on any atom is 0.249 e. The number of amides is 1. The topological polar surface area (TPSA) is 32.3 Å². The van der Waals surface area contributed by atoms with E-state index in [0.29, 0.717) is 0 Å². The Morgan fingerprint density at radius 1 is 1.05 bits per heavy atom. The number of rotatable bonds is 1. The number of carbonyl (C=O) groups is 1. The number of nitrogens with one attached hydrogen (secondary N) is 1. The molecule has 0 fully saturated rings. The van der Waals surface area contributed by atoms with Gasteiger partial charge in [0.05, 0.1) is 0 Å². The molecule has 2 aromatic carbocycles. The largest absolute Gasteiger partial charge is 0.373 e. The van der Waals surface area contributed by atoms with Gasteiger partial charge in [-0.3, -0.25) is 4.79 Å². The second-order valence-corrected chi connectivity index (χ2v) is 5.43. The lowest BCUT2D eigenvalue weighted by Gasteiger charge is -2.21. The number of nitrogens with zero attached hydrogens (tertiary/aromatic N) is 1. The number of para-hydroxylation sites is 2. The van der Waals surface area contributed by atoms with Crippen LogP contribution in [0.15, 0.2) is 48.5 Å². The van der Waals surface area contributed by atoms with Gasteiger partial charge in [-0.25, -0.2) is 0 Å². The Kier molecular flexibility index (Phi) is 2.52. The number of carbonyl (C=O) groups excluding carboxylic acids is 1. The van der Waals surface area contributed by atoms with E-state index in [9.17, 15) is 4.79 Å². The second kappa shape index (κ2) is 4.37. The van der Waals surface area contributed by atoms with Gasteiger partial charge >= 0.3 is 0 Å². The van der Waals surface area contributed by atoms with Crippen molar-refractivity contribution in [2.24, 2.45) is 0 Å². The zero-order valence-corrected chi connectivity index (χ0v) is 11.2. The summed E-state index contributed by atoms with van der Waals surface area (Å²) >= 11 is 0. The highest BCUT2D eigenvalue weighted by Crippen LogP contribution is 2.31. The highest BCUT2D eigenvalue weighted by molar-refractivity contribution is 6.01. The van der Waals surface area contributed by atoms with Gasteiger partial charge in [-0.15, -0.1) is 0 Å². The van der Waals surface area contributed by atoms with Gasteiger partial charge in [0.25, 0.3) is 0 Å². The van der Waals surface area contributed by atoms with E-state index in [2.05, 4.69) is 17.4 Å². The molecule has 0 radical (unpaired) electrons. The van der Waals surface area contributed by atoms with Crippen molar-refractivity contribution in [1.29, 1.82) is 0 Å². The van der Waals surface area contributed by atoms with Crippen LogP contribution in [0.1, 0.15) is 11.1 Å². The molecular formula is C17H16N2O. The van der Waals surface area contributed by atoms with Crippen LogP contribution < -0.4 is 10.2 Å². The second-order valence-electron chi connectivity index (χ2n) is 5.43. The normalized spacial score (nSPS) is 19.4. The minimum absolute atomic E-state index is 0.126. The first-order chi connectivity index (χ1) is 9.83. The molecule has 3 nitrogen and oxygen atoms in total. The van der Waals surface area contributed by atoms with Crippen LogP contribution in [0.2, 0.25) is 0 Å². The molecule has 2 aliphatic heterocycles. The zero-order chi connectivity index (χ0) is 13.5. The predicted molar refractivity (Wildman–Crippen MR) is 80.1 cm³/mol. The van der Waals surface area contributed by atoms with Crippen molar-refractivity contribution >= 4 is 17.3 Å². The van der Waals surface area contributed by atoms with Crippen molar-refractivity contribution in [3.63, 3.8) is 0 Å². The van der Waals surface area contributed by atoms with E-state index in [0.717, 1.165) is 30.8 Å². The molecule has 0 bridgehead atoms. The summed E-state index contributed by atoms with van der Waals surface area (Å²) in [5.41, 5.74) is 4.68. The van der Waals surface area contributed by atoms with E-state index in [-0.39, 0.29) is 11.9 Å². The van der Waals surface area contributed by atoms with Crippen molar-refractivity contribution < 1.29 is 4.79 Å². The molecule has 2 aromatic rings. The molecule has 2 aliphatic rings. The smallest absolute Gasteiger partial charge is 0.249 e. The van der Waals surface area contributed by atoms with Crippen LogP contribution in [0.3, 0.4) is 0 Å². The Morgan fingerprint density at radius 2 is 1.80 bits per heavy atom. The third-order valence-electron chi connectivity index (χ3n) is 4.22. The molecule has 0 saturated heterocycles. The van der Waals surface area contributed by atoms with Gasteiger partial charge in [-0.2, -0.15) is 0 Å². The summed E-state index contributed by atoms with van der Waals surface area (Å²) in [6.07, 6.45) is 1.75. The van der Waals surface area contributed by atoms with Crippen LogP contribution in [-0.2, 0) is 17.6 Å². The highest BCUT2D eigenvalue weighted by atomic mass is 16.2. The molecule has 1 N–H and O–H groups in total. The van der Waals surface area contributed by atoms with Crippen LogP contribution in [0, 0.1) is 0 Å². The Hall–Kier alpha value is -2.29. The standard InChI is InChI=1S/C17H16N2O/c20-17(15-11-13-6-1-3-7-14(13)18-15)19-10-9-12-5-2-4-8-16(12)19/h1-8,15,18H,9-11H2/t15-/m0/s1. The highest BCUT2D eigenvalue weighted by Gasteiger charge is 2.33. The summed E-state index contributed by atoms with van der Waals surface area (Å²) in [4.78, 5) is 14.7. The van der Waals surface area contributed by atoms with Crippen molar-refractivity contribution in [3.8, 4) is 0 Å². The van der Waals surface area contributed by atoms with Gasteiger partial charge in [0, 0.05) is 24.3 Å². The molecule has 100 valence electrons. The molecule has 0 aliphatic carbocycles. The van der Waals surface area contributed by atoms with Crippen LogP contribution in [0.25, 0.3) is 0 Å². The van der Waals surface area contributed by atoms with Crippen molar-refractivity contribution in [3.05, 3.63) is 59.7 Å². The van der Waals surface area contributed by atoms with Crippen molar-refractivity contribution in [2.75, 3.05) is 16.8 Å². The lowest BCUT2D eigenvalue weighted by Crippen LogP contribution is -2.41. The Balaban J connectivity index is 1.59. The summed E-state index contributed by atoms with van der Waals surface area (Å²) in [5, 5.41) is 3.35. The summed E-state index contributed by atoms with van der Waals surface area (Å²) in [6.45, 7) is 0.798. The molecule has 3 heteroatoms. The Bertz CT molecular complexity index is 655. The molecule has 1 amide bonds. The van der Waals surface area contributed by atoms with E-state index in [1.54, 1.807) is 0 Å². The molecule has 2 heterocycles. The fraction of sp³-hybridized carbons (Fsp3) is 0.235. The average molecular weight is 264 g/mol. The number of benzene rings is 2. The number of hydrogen-bond donors (Lipinski definition) is 1. The third kappa shape index (κ3) is 1.70. The molecule has 0 saturated carbocycles. The van der Waals surface area contributed by atoms with Crippen LogP contribution in [0.5, 0.6) is 0 Å². The number of anilines is 2. The first-order valence-electron chi connectivity index (χ1n) is 7.06. The molecular weight excluding hydrogens is 248 g/mol. The molecule has 0 spiro atoms. The molecule has 20 heavy (non-hydrogen) atoms. The predicted octanol–water partition coefficient (Wildman–Crippen LogP) is 2.61. The van der Waals surface area contributed by atoms with Gasteiger partial charge in [0.15, 0.2) is 0 Å². The number of fused-ring (bicyclic) bond motifs is 2. The minimum Gasteiger partial charge on any atom is -0.373 e. The molecule has 4 rings (SSSR count). The maximum absolute atomic E-state index is 12.7. The first kappa shape index (κ1) is 11.5. The Morgan fingerprint density at radius 3 is 2.65 bits per heavy atom. The summed E-state index contributed by atoms with van der Waals surface area (Å²) < 4.78 is 0. The third-order valence-corrected chi connectivity index (χ3v) is 4.22. The van der Waals surface area contributed by atoms with Crippen molar-refractivity contribution in [1.82, 2.24) is 0 Å². The van der Waals surface area contributed by atoms with E-state index >= 15 is 0 Å². The maximum atomic E-state index is 12.7. The van der Waals surface area contributed by atoms with E-state index in [1.165, 1.54) is 11.1 Å². The fourth-order valence-electron chi connectivity index (χ4n) is 3.20. The van der Waals surface area contributed by atoms with Crippen LogP contribution in [0.4, 0.5) is 11.4 Å².